The van der Waals surface area contributed by atoms with Crippen LogP contribution in [0.3, 0.4) is 0 Å². The second-order valence-corrected chi connectivity index (χ2v) is 3.30. The molecule has 0 radical (unpaired) electrons. The molecule has 0 spiro atoms. The third-order valence-corrected chi connectivity index (χ3v) is 2.17. The van der Waals surface area contributed by atoms with Gasteiger partial charge in [0.05, 0.1) is 5.56 Å². The van der Waals surface area contributed by atoms with Crippen molar-refractivity contribution in [1.29, 1.82) is 0 Å². The molecule has 4 nitrogen and oxygen atoms in total. The average Bonchev–Trinajstić information content (AvgIpc) is 2.40. The monoisotopic (exact) mass is 226 g/mol. The van der Waals surface area contributed by atoms with E-state index in [1.165, 1.54) is 5.06 Å². The quantitative estimate of drug-likeness (QED) is 0.719. The summed E-state index contributed by atoms with van der Waals surface area (Å²) >= 11 is 0. The van der Waals surface area contributed by atoms with E-state index in [2.05, 4.69) is 10.9 Å². The maximum atomic E-state index is 11.8. The molecule has 0 bridgehead atoms. The average molecular weight is 226 g/mol. The minimum absolute atomic E-state index is 0.292. The van der Waals surface area contributed by atoms with E-state index in [4.69, 9.17) is 11.3 Å². The van der Waals surface area contributed by atoms with Crippen LogP contribution in [0.5, 0.6) is 0 Å². The molecule has 1 heterocycles. The molecule has 2 rings (SSSR count). The summed E-state index contributed by atoms with van der Waals surface area (Å²) in [6, 6.07) is 6.84. The highest BCUT2D eigenvalue weighted by Crippen LogP contribution is 2.10. The van der Waals surface area contributed by atoms with Crippen molar-refractivity contribution in [2.45, 2.75) is 0 Å². The molecule has 1 aromatic carbocycles. The van der Waals surface area contributed by atoms with Gasteiger partial charge in [0.1, 0.15) is 6.67 Å². The van der Waals surface area contributed by atoms with Crippen LogP contribution in [0.25, 0.3) is 0 Å². The first-order valence-electron chi connectivity index (χ1n) is 5.02. The molecule has 0 N–H and O–H groups in total. The normalized spacial score (nSPS) is 13.2. The molecule has 0 amide bonds. The van der Waals surface area contributed by atoms with E-state index in [0.29, 0.717) is 17.8 Å². The van der Waals surface area contributed by atoms with Crippen molar-refractivity contribution < 1.29 is 9.63 Å². The molecule has 84 valence electrons. The predicted octanol–water partition coefficient (Wildman–Crippen LogP) is 1.60. The number of benzene rings is 1. The topological polar surface area (TPSA) is 41.9 Å². The van der Waals surface area contributed by atoms with Gasteiger partial charge in [-0.25, -0.2) is 4.79 Å². The number of aliphatic imine (C=N–C) groups is 1. The van der Waals surface area contributed by atoms with E-state index < -0.39 is 5.97 Å². The number of rotatable bonds is 2. The van der Waals surface area contributed by atoms with Crippen LogP contribution in [0.4, 0.5) is 0 Å². The van der Waals surface area contributed by atoms with E-state index in [0.717, 1.165) is 0 Å². The summed E-state index contributed by atoms with van der Waals surface area (Å²) in [5.74, 6) is 1.96. The molecular weight excluding hydrogens is 216 g/mol. The fraction of sp³-hybridized carbons (Fsp3) is 0.0769. The molecule has 0 saturated carbocycles. The lowest BCUT2D eigenvalue weighted by atomic mass is 10.1. The molecule has 0 fully saturated rings. The Morgan fingerprint density at radius 2 is 2.29 bits per heavy atom. The number of hydrogen-bond acceptors (Lipinski definition) is 4. The standard InChI is InChI=1S/C13H10N2O2/c1-2-11-6-3-4-7-12(11)13(16)17-15-9-5-8-14-10-15/h1,3-9H,10H2. The van der Waals surface area contributed by atoms with Gasteiger partial charge in [-0.2, -0.15) is 5.06 Å². The largest absolute Gasteiger partial charge is 0.364 e. The van der Waals surface area contributed by atoms with Crippen LogP contribution in [-0.2, 0) is 4.84 Å². The number of terminal acetylenes is 1. The van der Waals surface area contributed by atoms with Crippen LogP contribution >= 0.6 is 0 Å². The zero-order valence-corrected chi connectivity index (χ0v) is 9.04. The van der Waals surface area contributed by atoms with Crippen molar-refractivity contribution in [2.24, 2.45) is 4.99 Å². The minimum atomic E-state index is -0.486. The Morgan fingerprint density at radius 1 is 1.47 bits per heavy atom. The van der Waals surface area contributed by atoms with Gasteiger partial charge >= 0.3 is 5.97 Å². The van der Waals surface area contributed by atoms with Gasteiger partial charge in [0.15, 0.2) is 0 Å². The van der Waals surface area contributed by atoms with Crippen molar-refractivity contribution in [1.82, 2.24) is 5.06 Å². The van der Waals surface area contributed by atoms with Crippen LogP contribution in [0.2, 0.25) is 0 Å². The van der Waals surface area contributed by atoms with E-state index in [9.17, 15) is 4.79 Å². The molecule has 1 aromatic rings. The Hall–Kier alpha value is -2.54. The van der Waals surface area contributed by atoms with Gasteiger partial charge in [-0.1, -0.05) is 18.1 Å². The first kappa shape index (κ1) is 11.0. The van der Waals surface area contributed by atoms with Crippen LogP contribution in [0.1, 0.15) is 15.9 Å². The van der Waals surface area contributed by atoms with Crippen LogP contribution in [-0.4, -0.2) is 23.9 Å². The van der Waals surface area contributed by atoms with Gasteiger partial charge in [0, 0.05) is 18.0 Å². The zero-order chi connectivity index (χ0) is 12.1. The number of carbonyl (C=O) groups excluding carboxylic acids is 1. The number of hydroxylamine groups is 2. The Kier molecular flexibility index (Phi) is 3.22. The molecule has 4 heteroatoms. The van der Waals surface area contributed by atoms with Gasteiger partial charge in [-0.3, -0.25) is 4.99 Å². The van der Waals surface area contributed by atoms with Crippen molar-refractivity contribution in [3.63, 3.8) is 0 Å². The van der Waals surface area contributed by atoms with Crippen molar-refractivity contribution in [3.8, 4) is 12.3 Å². The molecule has 0 unspecified atom stereocenters. The van der Waals surface area contributed by atoms with E-state index in [1.807, 2.05) is 0 Å². The van der Waals surface area contributed by atoms with Gasteiger partial charge in [-0.05, 0) is 18.2 Å². The maximum absolute atomic E-state index is 11.8. The molecule has 0 saturated heterocycles. The molecule has 17 heavy (non-hydrogen) atoms. The third-order valence-electron chi connectivity index (χ3n) is 2.17. The van der Waals surface area contributed by atoms with E-state index in [-0.39, 0.29) is 0 Å². The SMILES string of the molecule is C#Cc1ccccc1C(=O)ON1C=CC=NC1. The Balaban J connectivity index is 2.12. The lowest BCUT2D eigenvalue weighted by Gasteiger charge is -2.18. The third kappa shape index (κ3) is 2.52. The summed E-state index contributed by atoms with van der Waals surface area (Å²) in [5.41, 5.74) is 0.889. The van der Waals surface area contributed by atoms with Crippen molar-refractivity contribution >= 4 is 12.2 Å². The molecule has 0 atom stereocenters. The van der Waals surface area contributed by atoms with Gasteiger partial charge in [0.25, 0.3) is 0 Å². The fourth-order valence-electron chi connectivity index (χ4n) is 1.37. The highest BCUT2D eigenvalue weighted by Gasteiger charge is 2.14. The number of carbonyl (C=O) groups is 1. The smallest absolute Gasteiger partial charge is 0.334 e. The van der Waals surface area contributed by atoms with Gasteiger partial charge in [-0.15, -0.1) is 6.42 Å². The molecule has 0 aromatic heterocycles. The molecular formula is C13H10N2O2. The van der Waals surface area contributed by atoms with E-state index >= 15 is 0 Å². The molecule has 0 aliphatic carbocycles. The molecule has 1 aliphatic heterocycles. The van der Waals surface area contributed by atoms with Crippen LogP contribution in [0.15, 0.2) is 41.5 Å². The first-order chi connectivity index (χ1) is 8.31. The molecule has 1 aliphatic rings. The first-order valence-corrected chi connectivity index (χ1v) is 5.02. The Labute approximate surface area is 99.2 Å². The zero-order valence-electron chi connectivity index (χ0n) is 9.04. The maximum Gasteiger partial charge on any atom is 0.364 e. The summed E-state index contributed by atoms with van der Waals surface area (Å²) in [5, 5.41) is 1.34. The van der Waals surface area contributed by atoms with E-state index in [1.54, 1.807) is 42.8 Å². The van der Waals surface area contributed by atoms with Crippen molar-refractivity contribution in [2.75, 3.05) is 6.67 Å². The van der Waals surface area contributed by atoms with Gasteiger partial charge < -0.3 is 4.84 Å². The van der Waals surface area contributed by atoms with Gasteiger partial charge in [0.2, 0.25) is 0 Å². The summed E-state index contributed by atoms with van der Waals surface area (Å²) in [7, 11) is 0. The predicted molar refractivity (Wildman–Crippen MR) is 64.1 cm³/mol. The van der Waals surface area contributed by atoms with Crippen molar-refractivity contribution in [3.05, 3.63) is 47.7 Å². The Morgan fingerprint density at radius 3 is 3.00 bits per heavy atom. The Bertz CT molecular complexity index is 526. The summed E-state index contributed by atoms with van der Waals surface area (Å²) in [6.45, 7) is 0.292. The summed E-state index contributed by atoms with van der Waals surface area (Å²) < 4.78 is 0. The highest BCUT2D eigenvalue weighted by molar-refractivity contribution is 5.92. The summed E-state index contributed by atoms with van der Waals surface area (Å²) in [6.07, 6.45) is 10.3. The lowest BCUT2D eigenvalue weighted by Crippen LogP contribution is -2.24. The van der Waals surface area contributed by atoms with Crippen LogP contribution in [0, 0.1) is 12.3 Å². The van der Waals surface area contributed by atoms with Crippen LogP contribution < -0.4 is 0 Å². The minimum Gasteiger partial charge on any atom is -0.334 e. The number of nitrogens with zero attached hydrogens (tertiary/aromatic N) is 2. The lowest BCUT2D eigenvalue weighted by molar-refractivity contribution is -0.0718. The summed E-state index contributed by atoms with van der Waals surface area (Å²) in [4.78, 5) is 20.9. The fourth-order valence-corrected chi connectivity index (χ4v) is 1.37. The number of allylic oxidation sites excluding steroid dienone is 1. The second kappa shape index (κ2) is 4.99. The second-order valence-electron chi connectivity index (χ2n) is 3.30. The number of hydrogen-bond donors (Lipinski definition) is 0. The highest BCUT2D eigenvalue weighted by atomic mass is 16.7.